The van der Waals surface area contributed by atoms with Gasteiger partial charge in [0.15, 0.2) is 8.32 Å². The SMILES string of the molecule is CCCC[Si](C)(C)CC(C)(C)O[Si](C)(C)CCCOOCCC(C)C(CC)CCC(C)(CC)C(=O)OCC(C)C. The summed E-state index contributed by atoms with van der Waals surface area (Å²) in [6, 6.07) is 3.71. The fraction of sp³-hybridized carbons (Fsp3) is 0.970. The summed E-state index contributed by atoms with van der Waals surface area (Å²) in [5, 5.41) is 0. The Morgan fingerprint density at radius 2 is 1.48 bits per heavy atom. The molecule has 0 heterocycles. The zero-order valence-electron chi connectivity index (χ0n) is 29.2. The Kier molecular flexibility index (Phi) is 19.0. The molecule has 0 aliphatic rings. The van der Waals surface area contributed by atoms with Crippen LogP contribution >= 0.6 is 0 Å². The van der Waals surface area contributed by atoms with Crippen LogP contribution in [-0.2, 0) is 23.7 Å². The third kappa shape index (κ3) is 17.7. The van der Waals surface area contributed by atoms with Crippen molar-refractivity contribution in [1.82, 2.24) is 0 Å². The van der Waals surface area contributed by atoms with Crippen LogP contribution in [0.2, 0.25) is 44.3 Å². The highest BCUT2D eigenvalue weighted by molar-refractivity contribution is 6.77. The second-order valence-corrected chi connectivity index (χ2v) is 24.6. The van der Waals surface area contributed by atoms with Crippen LogP contribution < -0.4 is 0 Å². The van der Waals surface area contributed by atoms with Gasteiger partial charge in [-0.2, -0.15) is 0 Å². The fourth-order valence-electron chi connectivity index (χ4n) is 6.11. The van der Waals surface area contributed by atoms with E-state index >= 15 is 0 Å². The second kappa shape index (κ2) is 19.1. The van der Waals surface area contributed by atoms with E-state index in [1.807, 2.05) is 0 Å². The van der Waals surface area contributed by atoms with Crippen LogP contribution in [0.5, 0.6) is 0 Å². The van der Waals surface area contributed by atoms with Crippen LogP contribution in [0, 0.1) is 23.2 Å². The van der Waals surface area contributed by atoms with Gasteiger partial charge in [0.1, 0.15) is 0 Å². The molecule has 7 heteroatoms. The summed E-state index contributed by atoms with van der Waals surface area (Å²) in [7, 11) is -3.00. The molecule has 40 heavy (non-hydrogen) atoms. The summed E-state index contributed by atoms with van der Waals surface area (Å²) in [6.45, 7) is 31.2. The van der Waals surface area contributed by atoms with Crippen LogP contribution in [0.3, 0.4) is 0 Å². The minimum absolute atomic E-state index is 0.0362. The summed E-state index contributed by atoms with van der Waals surface area (Å²) in [5.74, 6) is 1.41. The number of esters is 1. The van der Waals surface area contributed by atoms with Crippen molar-refractivity contribution in [3.63, 3.8) is 0 Å². The molecule has 240 valence electrons. The van der Waals surface area contributed by atoms with Gasteiger partial charge in [0, 0.05) is 5.60 Å². The number of ether oxygens (including phenoxy) is 1. The monoisotopic (exact) mass is 602 g/mol. The lowest BCUT2D eigenvalue weighted by atomic mass is 9.77. The molecule has 5 nitrogen and oxygen atoms in total. The van der Waals surface area contributed by atoms with Gasteiger partial charge in [0.25, 0.3) is 0 Å². The molecule has 0 spiro atoms. The van der Waals surface area contributed by atoms with E-state index < -0.39 is 21.8 Å². The van der Waals surface area contributed by atoms with Gasteiger partial charge in [-0.3, -0.25) is 4.79 Å². The first-order valence-electron chi connectivity index (χ1n) is 16.5. The van der Waals surface area contributed by atoms with Gasteiger partial charge >= 0.3 is 5.97 Å². The van der Waals surface area contributed by atoms with Crippen molar-refractivity contribution in [2.75, 3.05) is 19.8 Å². The number of hydrogen-bond donors (Lipinski definition) is 0. The molecule has 0 N–H and O–H groups in total. The third-order valence-electron chi connectivity index (χ3n) is 8.63. The predicted octanol–water partition coefficient (Wildman–Crippen LogP) is 10.3. The van der Waals surface area contributed by atoms with Crippen LogP contribution in [0.25, 0.3) is 0 Å². The van der Waals surface area contributed by atoms with Gasteiger partial charge in [-0.25, -0.2) is 9.78 Å². The largest absolute Gasteiger partial charge is 0.465 e. The molecule has 0 bridgehead atoms. The predicted molar refractivity (Wildman–Crippen MR) is 177 cm³/mol. The zero-order chi connectivity index (χ0) is 31.0. The second-order valence-electron chi connectivity index (χ2n) is 15.2. The van der Waals surface area contributed by atoms with E-state index in [0.717, 1.165) is 44.6 Å². The lowest BCUT2D eigenvalue weighted by Crippen LogP contribution is -2.45. The molecule has 0 aliphatic carbocycles. The van der Waals surface area contributed by atoms with E-state index in [2.05, 4.69) is 88.5 Å². The lowest BCUT2D eigenvalue weighted by molar-refractivity contribution is -0.296. The maximum absolute atomic E-state index is 12.7. The third-order valence-corrected chi connectivity index (χ3v) is 14.8. The summed E-state index contributed by atoms with van der Waals surface area (Å²) in [4.78, 5) is 23.9. The fourth-order valence-corrected chi connectivity index (χ4v) is 12.8. The molecule has 0 aromatic carbocycles. The highest BCUT2D eigenvalue weighted by Crippen LogP contribution is 2.35. The maximum Gasteiger partial charge on any atom is 0.311 e. The molecule has 3 unspecified atom stereocenters. The van der Waals surface area contributed by atoms with E-state index in [4.69, 9.17) is 18.9 Å². The van der Waals surface area contributed by atoms with Crippen molar-refractivity contribution in [1.29, 1.82) is 0 Å². The Balaban J connectivity index is 4.40. The zero-order valence-corrected chi connectivity index (χ0v) is 31.2. The Morgan fingerprint density at radius 3 is 2.02 bits per heavy atom. The minimum atomic E-state index is -1.77. The summed E-state index contributed by atoms with van der Waals surface area (Å²) < 4.78 is 12.4. The quantitative estimate of drug-likeness (QED) is 0.0362. The summed E-state index contributed by atoms with van der Waals surface area (Å²) >= 11 is 0. The molecule has 0 aromatic heterocycles. The highest BCUT2D eigenvalue weighted by atomic mass is 28.4. The lowest BCUT2D eigenvalue weighted by Gasteiger charge is -2.39. The Bertz CT molecular complexity index is 680. The van der Waals surface area contributed by atoms with Crippen molar-refractivity contribution in [2.24, 2.45) is 23.2 Å². The number of carbonyl (C=O) groups is 1. The van der Waals surface area contributed by atoms with E-state index in [9.17, 15) is 4.79 Å². The molecule has 0 amide bonds. The molecular weight excluding hydrogens is 533 g/mol. The van der Waals surface area contributed by atoms with Gasteiger partial charge in [-0.15, -0.1) is 0 Å². The minimum Gasteiger partial charge on any atom is -0.465 e. The molecule has 0 aliphatic heterocycles. The topological polar surface area (TPSA) is 54.0 Å². The average molecular weight is 603 g/mol. The van der Waals surface area contributed by atoms with Crippen molar-refractivity contribution in [3.05, 3.63) is 0 Å². The average Bonchev–Trinajstić information content (AvgIpc) is 2.84. The molecule has 0 rings (SSSR count). The van der Waals surface area contributed by atoms with Gasteiger partial charge in [-0.1, -0.05) is 79.9 Å². The molecule has 0 aromatic rings. The molecule has 0 radical (unpaired) electrons. The molecule has 0 saturated carbocycles. The van der Waals surface area contributed by atoms with Crippen molar-refractivity contribution in [2.45, 2.75) is 164 Å². The van der Waals surface area contributed by atoms with Crippen molar-refractivity contribution in [3.8, 4) is 0 Å². The number of carbonyl (C=O) groups excluding carboxylic acids is 1. The van der Waals surface area contributed by atoms with E-state index in [0.29, 0.717) is 37.6 Å². The normalized spacial score (nSPS) is 16.1. The molecule has 0 fully saturated rings. The van der Waals surface area contributed by atoms with Crippen LogP contribution in [-0.4, -0.2) is 47.8 Å². The van der Waals surface area contributed by atoms with Gasteiger partial charge in [0.2, 0.25) is 0 Å². The summed E-state index contributed by atoms with van der Waals surface area (Å²) in [6.07, 6.45) is 8.40. The number of unbranched alkanes of at least 4 members (excludes halogenated alkanes) is 1. The van der Waals surface area contributed by atoms with Gasteiger partial charge in [-0.05, 0) is 95.8 Å². The smallest absolute Gasteiger partial charge is 0.311 e. The number of rotatable bonds is 24. The van der Waals surface area contributed by atoms with Gasteiger partial charge in [0.05, 0.1) is 33.3 Å². The number of hydrogen-bond acceptors (Lipinski definition) is 5. The Labute approximate surface area is 252 Å². The first-order chi connectivity index (χ1) is 18.4. The first kappa shape index (κ1) is 39.8. The van der Waals surface area contributed by atoms with Crippen LogP contribution in [0.4, 0.5) is 0 Å². The Morgan fingerprint density at radius 1 is 0.850 bits per heavy atom. The molecule has 3 atom stereocenters. The highest BCUT2D eigenvalue weighted by Gasteiger charge is 2.36. The Hall–Kier alpha value is -0.216. The van der Waals surface area contributed by atoms with E-state index in [-0.39, 0.29) is 11.6 Å². The van der Waals surface area contributed by atoms with Gasteiger partial charge < -0.3 is 9.16 Å². The molecular formula is C33H70O5Si2. The van der Waals surface area contributed by atoms with Crippen molar-refractivity contribution < 1.29 is 23.7 Å². The van der Waals surface area contributed by atoms with Crippen molar-refractivity contribution >= 4 is 22.4 Å². The maximum atomic E-state index is 12.7. The first-order valence-corrected chi connectivity index (χ1v) is 23.1. The van der Waals surface area contributed by atoms with E-state index in [1.165, 1.54) is 24.9 Å². The van der Waals surface area contributed by atoms with Crippen LogP contribution in [0.1, 0.15) is 114 Å². The van der Waals surface area contributed by atoms with E-state index in [1.54, 1.807) is 0 Å². The summed E-state index contributed by atoms with van der Waals surface area (Å²) in [5.41, 5.74) is -0.434. The molecule has 0 saturated heterocycles. The van der Waals surface area contributed by atoms with Crippen LogP contribution in [0.15, 0.2) is 0 Å². The standard InChI is InChI=1S/C33H70O5Si2/c1-14-17-24-39(10,11)27-32(7,8)38-40(12,13)25-18-22-36-37-23-20-29(6)30(15-2)19-21-33(9,16-3)31(34)35-26-28(4)5/h28-30H,14-27H2,1-13H3.